The van der Waals surface area contributed by atoms with Crippen molar-refractivity contribution >= 4 is 0 Å². The van der Waals surface area contributed by atoms with E-state index in [2.05, 4.69) is 6.58 Å². The first kappa shape index (κ1) is 12.4. The van der Waals surface area contributed by atoms with Crippen molar-refractivity contribution in [3.05, 3.63) is 24.8 Å². The minimum absolute atomic E-state index is 0.396. The summed E-state index contributed by atoms with van der Waals surface area (Å²) in [5, 5.41) is 9.43. The second-order valence-corrected chi connectivity index (χ2v) is 3.15. The number of hydrogen-bond acceptors (Lipinski definition) is 4. The van der Waals surface area contributed by atoms with Gasteiger partial charge < -0.3 is 19.3 Å². The molecule has 1 rings (SSSR count). The van der Waals surface area contributed by atoms with Crippen molar-refractivity contribution < 1.29 is 19.3 Å². The topological polar surface area (TPSA) is 47.9 Å². The van der Waals surface area contributed by atoms with Crippen LogP contribution in [0.25, 0.3) is 0 Å². The van der Waals surface area contributed by atoms with E-state index >= 15 is 0 Å². The van der Waals surface area contributed by atoms with Crippen LogP contribution in [0.3, 0.4) is 0 Å². The molecule has 0 spiro atoms. The van der Waals surface area contributed by atoms with E-state index in [0.717, 1.165) is 0 Å². The maximum Gasteiger partial charge on any atom is 0.177 e. The van der Waals surface area contributed by atoms with E-state index in [4.69, 9.17) is 14.2 Å². The first-order valence-corrected chi connectivity index (χ1v) is 5.11. The Morgan fingerprint density at radius 1 is 1.47 bits per heavy atom. The summed E-state index contributed by atoms with van der Waals surface area (Å²) in [6.45, 7) is 7.21. The molecule has 0 saturated heterocycles. The summed E-state index contributed by atoms with van der Waals surface area (Å²) < 4.78 is 15.9. The Morgan fingerprint density at radius 2 is 2.27 bits per heavy atom. The number of rotatable bonds is 6. The number of hydrogen-bond donors (Lipinski definition) is 1. The van der Waals surface area contributed by atoms with Crippen molar-refractivity contribution in [1.29, 1.82) is 0 Å². The predicted molar refractivity (Wildman–Crippen MR) is 56.4 cm³/mol. The third-order valence-corrected chi connectivity index (χ3v) is 2.04. The summed E-state index contributed by atoms with van der Waals surface area (Å²) in [5.41, 5.74) is 0. The second-order valence-electron chi connectivity index (χ2n) is 3.15. The molecule has 0 aromatic heterocycles. The molecule has 0 fully saturated rings. The molecule has 1 aliphatic heterocycles. The van der Waals surface area contributed by atoms with Crippen molar-refractivity contribution in [3.8, 4) is 0 Å². The van der Waals surface area contributed by atoms with Crippen LogP contribution in [-0.2, 0) is 14.2 Å². The lowest BCUT2D eigenvalue weighted by Gasteiger charge is -2.27. The van der Waals surface area contributed by atoms with Crippen LogP contribution in [0, 0.1) is 0 Å². The summed E-state index contributed by atoms with van der Waals surface area (Å²) in [6.07, 6.45) is 3.46. The zero-order valence-corrected chi connectivity index (χ0v) is 8.96. The van der Waals surface area contributed by atoms with Crippen LogP contribution < -0.4 is 0 Å². The van der Waals surface area contributed by atoms with E-state index in [1.54, 1.807) is 18.2 Å². The van der Waals surface area contributed by atoms with Gasteiger partial charge in [-0.15, -0.1) is 6.58 Å². The Morgan fingerprint density at radius 3 is 2.93 bits per heavy atom. The average molecular weight is 214 g/mol. The van der Waals surface area contributed by atoms with Crippen LogP contribution in [0.2, 0.25) is 0 Å². The highest BCUT2D eigenvalue weighted by Gasteiger charge is 2.23. The molecular formula is C11H18O4. The second kappa shape index (κ2) is 6.74. The van der Waals surface area contributed by atoms with Crippen LogP contribution in [0.15, 0.2) is 24.8 Å². The fraction of sp³-hybridized carbons (Fsp3) is 0.636. The standard InChI is InChI=1S/C11H18O4/c1-3-10-9(12)5-6-11(15-10)14-8-7-13-4-2/h3,5-6,9-12H,1,4,7-8H2,2H3/t9-,10+,11?/m0/s1. The zero-order chi connectivity index (χ0) is 11.1. The fourth-order valence-electron chi connectivity index (χ4n) is 1.25. The van der Waals surface area contributed by atoms with Gasteiger partial charge in [-0.25, -0.2) is 0 Å². The Labute approximate surface area is 90.1 Å². The Bertz CT molecular complexity index is 215. The normalized spacial score (nSPS) is 30.4. The third-order valence-electron chi connectivity index (χ3n) is 2.04. The van der Waals surface area contributed by atoms with Gasteiger partial charge in [-0.1, -0.05) is 12.2 Å². The van der Waals surface area contributed by atoms with Gasteiger partial charge in [0.1, 0.15) is 12.2 Å². The largest absolute Gasteiger partial charge is 0.386 e. The van der Waals surface area contributed by atoms with Crippen LogP contribution in [-0.4, -0.2) is 43.4 Å². The molecule has 86 valence electrons. The van der Waals surface area contributed by atoms with Crippen molar-refractivity contribution in [1.82, 2.24) is 0 Å². The minimum Gasteiger partial charge on any atom is -0.386 e. The molecule has 0 aromatic rings. The molecular weight excluding hydrogens is 196 g/mol. The average Bonchev–Trinajstić information content (AvgIpc) is 2.26. The highest BCUT2D eigenvalue weighted by Crippen LogP contribution is 2.14. The van der Waals surface area contributed by atoms with Gasteiger partial charge in [-0.2, -0.15) is 0 Å². The number of aliphatic hydroxyl groups is 1. The van der Waals surface area contributed by atoms with Crippen molar-refractivity contribution in [2.45, 2.75) is 25.4 Å². The molecule has 0 amide bonds. The van der Waals surface area contributed by atoms with Gasteiger partial charge in [0.25, 0.3) is 0 Å². The molecule has 0 saturated carbocycles. The molecule has 1 N–H and O–H groups in total. The van der Waals surface area contributed by atoms with Gasteiger partial charge >= 0.3 is 0 Å². The van der Waals surface area contributed by atoms with Crippen molar-refractivity contribution in [3.63, 3.8) is 0 Å². The maximum absolute atomic E-state index is 9.43. The summed E-state index contributed by atoms with van der Waals surface area (Å²) in [7, 11) is 0. The number of aliphatic hydroxyl groups excluding tert-OH is 1. The third kappa shape index (κ3) is 4.13. The molecule has 15 heavy (non-hydrogen) atoms. The lowest BCUT2D eigenvalue weighted by atomic mass is 10.1. The fourth-order valence-corrected chi connectivity index (χ4v) is 1.25. The molecule has 1 heterocycles. The molecule has 0 aliphatic carbocycles. The zero-order valence-electron chi connectivity index (χ0n) is 8.96. The summed E-state index contributed by atoms with van der Waals surface area (Å²) in [5.74, 6) is 0. The molecule has 3 atom stereocenters. The van der Waals surface area contributed by atoms with Gasteiger partial charge in [0.2, 0.25) is 0 Å². The lowest BCUT2D eigenvalue weighted by Crippen LogP contribution is -2.35. The lowest BCUT2D eigenvalue weighted by molar-refractivity contribution is -0.162. The van der Waals surface area contributed by atoms with Crippen molar-refractivity contribution in [2.75, 3.05) is 19.8 Å². The molecule has 0 aromatic carbocycles. The summed E-state index contributed by atoms with van der Waals surface area (Å²) in [6, 6.07) is 0. The number of ether oxygens (including phenoxy) is 3. The van der Waals surface area contributed by atoms with Gasteiger partial charge in [0, 0.05) is 6.61 Å². The van der Waals surface area contributed by atoms with E-state index in [-0.39, 0.29) is 0 Å². The first-order valence-electron chi connectivity index (χ1n) is 5.11. The van der Waals surface area contributed by atoms with Crippen molar-refractivity contribution in [2.24, 2.45) is 0 Å². The smallest absolute Gasteiger partial charge is 0.177 e. The summed E-state index contributed by atoms with van der Waals surface area (Å²) in [4.78, 5) is 0. The molecule has 0 bridgehead atoms. The van der Waals surface area contributed by atoms with Gasteiger partial charge in [-0.05, 0) is 13.0 Å². The molecule has 1 unspecified atom stereocenters. The van der Waals surface area contributed by atoms with Crippen LogP contribution in [0.5, 0.6) is 0 Å². The van der Waals surface area contributed by atoms with Gasteiger partial charge in [0.15, 0.2) is 6.29 Å². The van der Waals surface area contributed by atoms with Crippen LogP contribution in [0.4, 0.5) is 0 Å². The highest BCUT2D eigenvalue weighted by atomic mass is 16.7. The first-order chi connectivity index (χ1) is 7.27. The molecule has 0 radical (unpaired) electrons. The molecule has 1 aliphatic rings. The van der Waals surface area contributed by atoms with E-state index in [9.17, 15) is 5.11 Å². The van der Waals surface area contributed by atoms with E-state index in [1.165, 1.54) is 0 Å². The maximum atomic E-state index is 9.43. The SMILES string of the molecule is C=C[C@H]1OC(OCCOCC)C=C[C@@H]1O. The quantitative estimate of drug-likeness (QED) is 0.526. The van der Waals surface area contributed by atoms with E-state index in [1.807, 2.05) is 6.92 Å². The van der Waals surface area contributed by atoms with Crippen LogP contribution >= 0.6 is 0 Å². The minimum atomic E-state index is -0.630. The molecule has 4 heteroatoms. The monoisotopic (exact) mass is 214 g/mol. The van der Waals surface area contributed by atoms with E-state index < -0.39 is 18.5 Å². The Balaban J connectivity index is 2.25. The molecule has 4 nitrogen and oxygen atoms in total. The predicted octanol–water partition coefficient (Wildman–Crippen LogP) is 0.867. The van der Waals surface area contributed by atoms with Gasteiger partial charge in [-0.3, -0.25) is 0 Å². The Hall–Kier alpha value is -0.680. The summed E-state index contributed by atoms with van der Waals surface area (Å²) >= 11 is 0. The van der Waals surface area contributed by atoms with E-state index in [0.29, 0.717) is 19.8 Å². The van der Waals surface area contributed by atoms with Crippen LogP contribution in [0.1, 0.15) is 6.92 Å². The Kier molecular flexibility index (Phi) is 5.57. The highest BCUT2D eigenvalue weighted by molar-refractivity contribution is 5.04. The van der Waals surface area contributed by atoms with Gasteiger partial charge in [0.05, 0.1) is 13.2 Å².